The van der Waals surface area contributed by atoms with E-state index in [0.717, 1.165) is 25.3 Å². The minimum atomic E-state index is -0.333. The van der Waals surface area contributed by atoms with Crippen LogP contribution in [0.1, 0.15) is 39.5 Å². The van der Waals surface area contributed by atoms with Crippen LogP contribution >= 0.6 is 0 Å². The number of rotatable bonds is 8. The number of carbonyl (C=O) groups excluding carboxylic acids is 1. The average Bonchev–Trinajstić information content (AvgIpc) is 3.26. The molecule has 1 aliphatic carbocycles. The molecule has 0 aromatic rings. The Morgan fingerprint density at radius 2 is 2.10 bits per heavy atom. The Balaban J connectivity index is 2.32. The second-order valence-electron chi connectivity index (χ2n) is 5.04. The van der Waals surface area contributed by atoms with Crippen molar-refractivity contribution in [2.24, 2.45) is 10.9 Å². The normalized spacial score (nSPS) is 16.4. The lowest BCUT2D eigenvalue weighted by Crippen LogP contribution is -2.48. The van der Waals surface area contributed by atoms with Gasteiger partial charge in [-0.25, -0.2) is 4.79 Å². The molecule has 0 aliphatic heterocycles. The van der Waals surface area contributed by atoms with Crippen molar-refractivity contribution in [1.29, 1.82) is 0 Å². The molecule has 0 spiro atoms. The summed E-state index contributed by atoms with van der Waals surface area (Å²) in [7, 11) is 1.76. The molecule has 1 atom stereocenters. The number of guanidine groups is 1. The van der Waals surface area contributed by atoms with Crippen molar-refractivity contribution in [2.45, 2.75) is 45.6 Å². The predicted octanol–water partition coefficient (Wildman–Crippen LogP) is 1.48. The minimum absolute atomic E-state index is 0.110. The average molecular weight is 284 g/mol. The van der Waals surface area contributed by atoms with Gasteiger partial charge in [-0.15, -0.1) is 0 Å². The lowest BCUT2D eigenvalue weighted by Gasteiger charge is -2.20. The van der Waals surface area contributed by atoms with E-state index in [9.17, 15) is 4.79 Å². The highest BCUT2D eigenvalue weighted by molar-refractivity contribution is 5.79. The first kappa shape index (κ1) is 16.6. The first-order chi connectivity index (χ1) is 9.71. The molecule has 0 aromatic heterocycles. The first-order valence-corrected chi connectivity index (χ1v) is 7.59. The van der Waals surface area contributed by atoms with E-state index in [0.29, 0.717) is 19.1 Å². The first-order valence-electron chi connectivity index (χ1n) is 7.59. The number of aliphatic imine (C=N–C) groups is 1. The van der Waals surface area contributed by atoms with Crippen molar-refractivity contribution >= 4 is 12.1 Å². The van der Waals surface area contributed by atoms with Crippen LogP contribution in [0.15, 0.2) is 4.99 Å². The number of nitrogens with zero attached hydrogens (tertiary/aromatic N) is 1. The van der Waals surface area contributed by atoms with Crippen molar-refractivity contribution in [2.75, 3.05) is 26.7 Å². The molecule has 1 saturated carbocycles. The topological polar surface area (TPSA) is 74.8 Å². The summed E-state index contributed by atoms with van der Waals surface area (Å²) in [4.78, 5) is 15.7. The standard InChI is InChI=1S/C14H28N4O2/c1-4-6-9-16-13(15-3)17-10-12(11-7-8-11)18-14(19)20-5-2/h11-12H,4-10H2,1-3H3,(H,18,19)(H2,15,16,17). The van der Waals surface area contributed by atoms with E-state index < -0.39 is 0 Å². The van der Waals surface area contributed by atoms with Gasteiger partial charge in [0.1, 0.15) is 0 Å². The number of carbonyl (C=O) groups is 1. The summed E-state index contributed by atoms with van der Waals surface area (Å²) in [5.74, 6) is 1.34. The maximum Gasteiger partial charge on any atom is 0.407 e. The van der Waals surface area contributed by atoms with Crippen LogP contribution in [0.3, 0.4) is 0 Å². The zero-order chi connectivity index (χ0) is 14.8. The van der Waals surface area contributed by atoms with Crippen molar-refractivity contribution in [3.8, 4) is 0 Å². The molecule has 0 heterocycles. The molecule has 6 nitrogen and oxygen atoms in total. The van der Waals surface area contributed by atoms with Gasteiger partial charge in [-0.2, -0.15) is 0 Å². The lowest BCUT2D eigenvalue weighted by molar-refractivity contribution is 0.146. The summed E-state index contributed by atoms with van der Waals surface area (Å²) >= 11 is 0. The van der Waals surface area contributed by atoms with Crippen LogP contribution in [-0.2, 0) is 4.74 Å². The van der Waals surface area contributed by atoms with Gasteiger partial charge in [-0.05, 0) is 32.1 Å². The third-order valence-corrected chi connectivity index (χ3v) is 3.31. The summed E-state index contributed by atoms with van der Waals surface area (Å²) in [6, 6.07) is 0.110. The molecule has 6 heteroatoms. The molecular formula is C14H28N4O2. The Morgan fingerprint density at radius 1 is 1.35 bits per heavy atom. The lowest BCUT2D eigenvalue weighted by atomic mass is 10.2. The van der Waals surface area contributed by atoms with E-state index >= 15 is 0 Å². The Kier molecular flexibility index (Phi) is 7.84. The highest BCUT2D eigenvalue weighted by atomic mass is 16.5. The smallest absolute Gasteiger partial charge is 0.407 e. The Bertz CT molecular complexity index is 316. The molecular weight excluding hydrogens is 256 g/mol. The highest BCUT2D eigenvalue weighted by Gasteiger charge is 2.32. The summed E-state index contributed by atoms with van der Waals surface area (Å²) in [5, 5.41) is 9.44. The van der Waals surface area contributed by atoms with Crippen LogP contribution in [0, 0.1) is 5.92 Å². The molecule has 0 aromatic carbocycles. The number of hydrogen-bond donors (Lipinski definition) is 3. The molecule has 3 N–H and O–H groups in total. The fourth-order valence-corrected chi connectivity index (χ4v) is 1.97. The third-order valence-electron chi connectivity index (χ3n) is 3.31. The van der Waals surface area contributed by atoms with E-state index in [2.05, 4.69) is 27.9 Å². The summed E-state index contributed by atoms with van der Waals surface area (Å²) < 4.78 is 4.94. The monoisotopic (exact) mass is 284 g/mol. The van der Waals surface area contributed by atoms with E-state index in [1.54, 1.807) is 7.05 Å². The number of nitrogens with one attached hydrogen (secondary N) is 3. The highest BCUT2D eigenvalue weighted by Crippen LogP contribution is 2.32. The third kappa shape index (κ3) is 6.63. The Morgan fingerprint density at radius 3 is 2.65 bits per heavy atom. The van der Waals surface area contributed by atoms with Gasteiger partial charge in [0.05, 0.1) is 12.6 Å². The zero-order valence-electron chi connectivity index (χ0n) is 12.9. The van der Waals surface area contributed by atoms with E-state index in [-0.39, 0.29) is 12.1 Å². The Labute approximate surface area is 121 Å². The fraction of sp³-hybridized carbons (Fsp3) is 0.857. The van der Waals surface area contributed by atoms with Crippen LogP contribution < -0.4 is 16.0 Å². The van der Waals surface area contributed by atoms with Crippen LogP contribution in [0.25, 0.3) is 0 Å². The van der Waals surface area contributed by atoms with Gasteiger partial charge < -0.3 is 20.7 Å². The SMILES string of the molecule is CCCCNC(=NC)NCC(NC(=O)OCC)C1CC1. The molecule has 1 aliphatic rings. The number of unbranched alkanes of at least 4 members (excludes halogenated alkanes) is 1. The maximum absolute atomic E-state index is 11.5. The predicted molar refractivity (Wildman–Crippen MR) is 80.9 cm³/mol. The molecule has 1 amide bonds. The van der Waals surface area contributed by atoms with Crippen LogP contribution in [0.5, 0.6) is 0 Å². The number of amides is 1. The Hall–Kier alpha value is -1.46. The van der Waals surface area contributed by atoms with Crippen LogP contribution in [-0.4, -0.2) is 44.8 Å². The summed E-state index contributed by atoms with van der Waals surface area (Å²) in [5.41, 5.74) is 0. The number of ether oxygens (including phenoxy) is 1. The molecule has 1 rings (SSSR count). The van der Waals surface area contributed by atoms with Gasteiger partial charge >= 0.3 is 6.09 Å². The van der Waals surface area contributed by atoms with E-state index in [1.165, 1.54) is 12.8 Å². The quantitative estimate of drug-likeness (QED) is 0.358. The fourth-order valence-electron chi connectivity index (χ4n) is 1.97. The van der Waals surface area contributed by atoms with Crippen molar-refractivity contribution in [3.05, 3.63) is 0 Å². The second-order valence-corrected chi connectivity index (χ2v) is 5.04. The van der Waals surface area contributed by atoms with Crippen molar-refractivity contribution < 1.29 is 9.53 Å². The van der Waals surface area contributed by atoms with Crippen molar-refractivity contribution in [1.82, 2.24) is 16.0 Å². The van der Waals surface area contributed by atoms with E-state index in [1.807, 2.05) is 6.92 Å². The second kappa shape index (κ2) is 9.44. The molecule has 0 bridgehead atoms. The largest absolute Gasteiger partial charge is 0.450 e. The maximum atomic E-state index is 11.5. The molecule has 20 heavy (non-hydrogen) atoms. The molecule has 1 unspecified atom stereocenters. The van der Waals surface area contributed by atoms with Gasteiger partial charge in [-0.1, -0.05) is 13.3 Å². The van der Waals surface area contributed by atoms with Crippen LogP contribution in [0.4, 0.5) is 4.79 Å². The van der Waals surface area contributed by atoms with E-state index in [4.69, 9.17) is 4.74 Å². The van der Waals surface area contributed by atoms with Crippen LogP contribution in [0.2, 0.25) is 0 Å². The van der Waals surface area contributed by atoms with Gasteiger partial charge in [-0.3, -0.25) is 4.99 Å². The molecule has 116 valence electrons. The molecule has 1 fully saturated rings. The number of hydrogen-bond acceptors (Lipinski definition) is 3. The van der Waals surface area contributed by atoms with Gasteiger partial charge in [0.25, 0.3) is 0 Å². The van der Waals surface area contributed by atoms with Gasteiger partial charge in [0.2, 0.25) is 0 Å². The zero-order valence-corrected chi connectivity index (χ0v) is 12.9. The summed E-state index contributed by atoms with van der Waals surface area (Å²) in [6.45, 7) is 5.95. The summed E-state index contributed by atoms with van der Waals surface area (Å²) in [6.07, 6.45) is 4.27. The molecule has 0 radical (unpaired) electrons. The van der Waals surface area contributed by atoms with Gasteiger partial charge in [0.15, 0.2) is 5.96 Å². The molecule has 0 saturated heterocycles. The minimum Gasteiger partial charge on any atom is -0.450 e. The van der Waals surface area contributed by atoms with Crippen molar-refractivity contribution in [3.63, 3.8) is 0 Å². The number of alkyl carbamates (subject to hydrolysis) is 1. The van der Waals surface area contributed by atoms with Gasteiger partial charge in [0, 0.05) is 20.1 Å².